The quantitative estimate of drug-likeness (QED) is 0.413. The van der Waals surface area contributed by atoms with Crippen LogP contribution in [0.25, 0.3) is 11.0 Å². The number of hydrogen-bond donors (Lipinski definition) is 1. The van der Waals surface area contributed by atoms with Gasteiger partial charge in [-0.15, -0.1) is 0 Å². The number of benzene rings is 2. The summed E-state index contributed by atoms with van der Waals surface area (Å²) in [6.45, 7) is 1.80. The maximum atomic E-state index is 13.4. The van der Waals surface area contributed by atoms with Crippen LogP contribution in [0, 0.1) is 6.92 Å². The van der Waals surface area contributed by atoms with E-state index in [9.17, 15) is 14.7 Å². The zero-order valence-electron chi connectivity index (χ0n) is 16.3. The summed E-state index contributed by atoms with van der Waals surface area (Å²) in [5.74, 6) is -1.56. The highest BCUT2D eigenvalue weighted by Gasteiger charge is 2.47. The lowest BCUT2D eigenvalue weighted by Crippen LogP contribution is -2.31. The summed E-state index contributed by atoms with van der Waals surface area (Å²) in [6, 6.07) is 16.2. The van der Waals surface area contributed by atoms with Gasteiger partial charge in [-0.3, -0.25) is 14.5 Å². The van der Waals surface area contributed by atoms with Crippen LogP contribution >= 0.6 is 11.6 Å². The largest absolute Gasteiger partial charge is 0.503 e. The van der Waals surface area contributed by atoms with Crippen molar-refractivity contribution in [2.75, 3.05) is 4.90 Å². The van der Waals surface area contributed by atoms with E-state index in [2.05, 4.69) is 0 Å². The molecule has 6 nitrogen and oxygen atoms in total. The van der Waals surface area contributed by atoms with E-state index in [1.54, 1.807) is 55.5 Å². The van der Waals surface area contributed by atoms with Crippen molar-refractivity contribution in [1.29, 1.82) is 0 Å². The smallest absolute Gasteiger partial charge is 0.294 e. The number of hydrogen-bond acceptors (Lipinski definition) is 5. The van der Waals surface area contributed by atoms with Gasteiger partial charge in [-0.2, -0.15) is 0 Å². The van der Waals surface area contributed by atoms with Gasteiger partial charge >= 0.3 is 0 Å². The third-order valence-corrected chi connectivity index (χ3v) is 5.57. The number of para-hydroxylation sites is 1. The lowest BCUT2D eigenvalue weighted by molar-refractivity contribution is -0.117. The molecule has 0 radical (unpaired) electrons. The van der Waals surface area contributed by atoms with E-state index in [0.29, 0.717) is 27.6 Å². The molecule has 0 bridgehead atoms. The van der Waals surface area contributed by atoms with Crippen LogP contribution < -0.4 is 4.90 Å². The number of ketones is 1. The van der Waals surface area contributed by atoms with Crippen molar-refractivity contribution in [2.24, 2.45) is 0 Å². The molecule has 1 aliphatic heterocycles. The number of carbonyl (C=O) groups is 2. The number of amides is 1. The molecule has 2 aromatic heterocycles. The van der Waals surface area contributed by atoms with E-state index in [1.807, 2.05) is 12.1 Å². The van der Waals surface area contributed by atoms with E-state index in [1.165, 1.54) is 11.2 Å². The Hall–Kier alpha value is -3.77. The number of nitrogens with zero attached hydrogens (tertiary/aromatic N) is 1. The summed E-state index contributed by atoms with van der Waals surface area (Å²) in [5, 5.41) is 12.0. The minimum atomic E-state index is -0.955. The number of anilines is 1. The van der Waals surface area contributed by atoms with Crippen LogP contribution in [0.4, 0.5) is 5.69 Å². The fourth-order valence-electron chi connectivity index (χ4n) is 3.92. The minimum absolute atomic E-state index is 0.0294. The first-order valence-electron chi connectivity index (χ1n) is 9.55. The average Bonchev–Trinajstić information content (AvgIpc) is 3.47. The topological polar surface area (TPSA) is 83.9 Å². The molecule has 0 fully saturated rings. The number of halogens is 1. The van der Waals surface area contributed by atoms with Crippen LogP contribution in [0.2, 0.25) is 5.02 Å². The van der Waals surface area contributed by atoms with Gasteiger partial charge in [-0.1, -0.05) is 29.8 Å². The molecule has 0 spiro atoms. The molecule has 0 saturated heterocycles. The first-order chi connectivity index (χ1) is 15.0. The second-order valence-corrected chi connectivity index (χ2v) is 7.70. The number of aliphatic hydroxyl groups is 1. The van der Waals surface area contributed by atoms with Crippen molar-refractivity contribution in [3.63, 3.8) is 0 Å². The Morgan fingerprint density at radius 3 is 2.61 bits per heavy atom. The molecule has 3 heterocycles. The van der Waals surface area contributed by atoms with Gasteiger partial charge in [-0.05, 0) is 55.0 Å². The van der Waals surface area contributed by atoms with Crippen molar-refractivity contribution < 1.29 is 23.5 Å². The second-order valence-electron chi connectivity index (χ2n) is 7.26. The molecule has 5 rings (SSSR count). The van der Waals surface area contributed by atoms with Crippen LogP contribution in [0.5, 0.6) is 0 Å². The number of aliphatic hydroxyl groups excluding tert-OH is 1. The van der Waals surface area contributed by atoms with Crippen LogP contribution in [0.1, 0.15) is 27.9 Å². The van der Waals surface area contributed by atoms with Crippen molar-refractivity contribution in [1.82, 2.24) is 0 Å². The molecule has 1 N–H and O–H groups in total. The van der Waals surface area contributed by atoms with Gasteiger partial charge in [0.05, 0.1) is 11.8 Å². The highest BCUT2D eigenvalue weighted by atomic mass is 35.5. The highest BCUT2D eigenvalue weighted by molar-refractivity contribution is 6.30. The Morgan fingerprint density at radius 1 is 1.10 bits per heavy atom. The first-order valence-corrected chi connectivity index (χ1v) is 9.93. The van der Waals surface area contributed by atoms with E-state index in [4.69, 9.17) is 20.4 Å². The van der Waals surface area contributed by atoms with Crippen molar-refractivity contribution in [3.05, 3.63) is 100 Å². The normalized spacial score (nSPS) is 16.5. The Balaban J connectivity index is 1.66. The summed E-state index contributed by atoms with van der Waals surface area (Å²) in [5.41, 5.74) is 1.65. The highest BCUT2D eigenvalue weighted by Crippen LogP contribution is 2.43. The minimum Gasteiger partial charge on any atom is -0.503 e. The lowest BCUT2D eigenvalue weighted by Gasteiger charge is -2.26. The maximum absolute atomic E-state index is 13.4. The molecule has 1 aliphatic rings. The third kappa shape index (κ3) is 3.04. The fourth-order valence-corrected chi connectivity index (χ4v) is 4.14. The number of aryl methyl sites for hydroxylation is 1. The first kappa shape index (κ1) is 19.2. The molecule has 31 heavy (non-hydrogen) atoms. The van der Waals surface area contributed by atoms with E-state index < -0.39 is 23.5 Å². The molecule has 0 saturated carbocycles. The summed E-state index contributed by atoms with van der Waals surface area (Å²) in [6.07, 6.45) is 1.45. The second kappa shape index (κ2) is 7.18. The monoisotopic (exact) mass is 433 g/mol. The van der Waals surface area contributed by atoms with E-state index in [0.717, 1.165) is 5.39 Å². The molecule has 7 heteroatoms. The lowest BCUT2D eigenvalue weighted by atomic mass is 9.99. The molecular formula is C24H16ClNO5. The fraction of sp³-hybridized carbons (Fsp3) is 0.0833. The van der Waals surface area contributed by atoms with Crippen molar-refractivity contribution in [3.8, 4) is 0 Å². The van der Waals surface area contributed by atoms with Crippen LogP contribution in [-0.4, -0.2) is 16.8 Å². The Morgan fingerprint density at radius 2 is 1.90 bits per heavy atom. The van der Waals surface area contributed by atoms with E-state index in [-0.39, 0.29) is 11.3 Å². The third-order valence-electron chi connectivity index (χ3n) is 5.33. The Labute approximate surface area is 181 Å². The predicted molar refractivity (Wildman–Crippen MR) is 115 cm³/mol. The molecule has 1 unspecified atom stereocenters. The van der Waals surface area contributed by atoms with Crippen molar-refractivity contribution >= 4 is 39.9 Å². The molecule has 1 atom stereocenters. The number of fused-ring (bicyclic) bond motifs is 1. The zero-order chi connectivity index (χ0) is 21.7. The summed E-state index contributed by atoms with van der Waals surface area (Å²) in [7, 11) is 0. The molecule has 4 aromatic rings. The summed E-state index contributed by atoms with van der Waals surface area (Å²) < 4.78 is 11.3. The van der Waals surface area contributed by atoms with Gasteiger partial charge in [0.1, 0.15) is 17.4 Å². The molecule has 2 aromatic carbocycles. The number of Topliss-reactive ketones (excluding diaryl/α,β-unsaturated/α-hetero) is 1. The molecule has 1 amide bonds. The maximum Gasteiger partial charge on any atom is 0.294 e. The molecule has 0 aliphatic carbocycles. The molecular weight excluding hydrogens is 418 g/mol. The Bertz CT molecular complexity index is 1330. The van der Waals surface area contributed by atoms with Gasteiger partial charge in [0.25, 0.3) is 5.91 Å². The van der Waals surface area contributed by atoms with Gasteiger partial charge in [0.2, 0.25) is 5.78 Å². The SMILES string of the molecule is Cc1cc(Cl)ccc1N1C(=O)C(O)=C(C(=O)c2cc3ccccc3o2)C1c1ccco1. The zero-order valence-corrected chi connectivity index (χ0v) is 17.1. The molecule has 154 valence electrons. The summed E-state index contributed by atoms with van der Waals surface area (Å²) in [4.78, 5) is 27.9. The average molecular weight is 434 g/mol. The summed E-state index contributed by atoms with van der Waals surface area (Å²) >= 11 is 6.07. The predicted octanol–water partition coefficient (Wildman–Crippen LogP) is 5.77. The van der Waals surface area contributed by atoms with Crippen LogP contribution in [0.15, 0.2) is 87.1 Å². The van der Waals surface area contributed by atoms with Crippen molar-refractivity contribution in [2.45, 2.75) is 13.0 Å². The van der Waals surface area contributed by atoms with Crippen LogP contribution in [-0.2, 0) is 4.79 Å². The number of furan rings is 2. The number of rotatable bonds is 4. The number of carbonyl (C=O) groups excluding carboxylic acids is 2. The standard InChI is InChI=1S/C24H16ClNO5/c1-13-11-15(25)8-9-16(13)26-21(18-7-4-10-30-18)20(23(28)24(26)29)22(27)19-12-14-5-2-3-6-17(14)31-19/h2-12,21,28H,1H3. The Kier molecular flexibility index (Phi) is 4.45. The van der Waals surface area contributed by atoms with Gasteiger partial charge in [-0.25, -0.2) is 0 Å². The van der Waals surface area contributed by atoms with Gasteiger partial charge < -0.3 is 13.9 Å². The van der Waals surface area contributed by atoms with Crippen LogP contribution in [0.3, 0.4) is 0 Å². The van der Waals surface area contributed by atoms with Gasteiger partial charge in [0, 0.05) is 16.1 Å². The van der Waals surface area contributed by atoms with E-state index >= 15 is 0 Å². The van der Waals surface area contributed by atoms with Gasteiger partial charge in [0.15, 0.2) is 11.5 Å².